The van der Waals surface area contributed by atoms with Gasteiger partial charge in [0, 0.05) is 22.5 Å². The van der Waals surface area contributed by atoms with Crippen molar-refractivity contribution in [1.82, 2.24) is 0 Å². The van der Waals surface area contributed by atoms with Crippen LogP contribution >= 0.6 is 11.6 Å². The fraction of sp³-hybridized carbons (Fsp3) is 0.0870. The van der Waals surface area contributed by atoms with E-state index in [9.17, 15) is 4.79 Å². The summed E-state index contributed by atoms with van der Waals surface area (Å²) in [5.41, 5.74) is 4.67. The summed E-state index contributed by atoms with van der Waals surface area (Å²) in [4.78, 5) is 12.8. The maximum atomic E-state index is 12.8. The van der Waals surface area contributed by atoms with Gasteiger partial charge in [-0.15, -0.1) is 0 Å². The SMILES string of the molecule is Cc1ccccc1C(=O)c1ccc(Nc2ccccc2C=CCO)cc1Cl. The van der Waals surface area contributed by atoms with E-state index in [2.05, 4.69) is 5.32 Å². The predicted octanol–water partition coefficient (Wildman–Crippen LogP) is 5.63. The topological polar surface area (TPSA) is 49.3 Å². The highest BCUT2D eigenvalue weighted by Gasteiger charge is 2.15. The molecule has 0 aromatic heterocycles. The third kappa shape index (κ3) is 4.45. The lowest BCUT2D eigenvalue weighted by molar-refractivity contribution is 0.103. The summed E-state index contributed by atoms with van der Waals surface area (Å²) in [5, 5.41) is 12.7. The van der Waals surface area contributed by atoms with Crippen LogP contribution < -0.4 is 5.32 Å². The molecule has 0 saturated carbocycles. The van der Waals surface area contributed by atoms with E-state index in [4.69, 9.17) is 16.7 Å². The van der Waals surface area contributed by atoms with Crippen molar-refractivity contribution in [3.8, 4) is 0 Å². The van der Waals surface area contributed by atoms with E-state index in [0.29, 0.717) is 16.1 Å². The zero-order valence-electron chi connectivity index (χ0n) is 14.9. The largest absolute Gasteiger partial charge is 0.392 e. The number of nitrogens with one attached hydrogen (secondary N) is 1. The van der Waals surface area contributed by atoms with E-state index in [1.54, 1.807) is 18.2 Å². The highest BCUT2D eigenvalue weighted by Crippen LogP contribution is 2.28. The number of para-hydroxylation sites is 1. The number of aryl methyl sites for hydroxylation is 1. The molecule has 0 atom stereocenters. The average Bonchev–Trinajstić information content (AvgIpc) is 2.67. The number of carbonyl (C=O) groups is 1. The van der Waals surface area contributed by atoms with Crippen molar-refractivity contribution < 1.29 is 9.90 Å². The monoisotopic (exact) mass is 377 g/mol. The highest BCUT2D eigenvalue weighted by molar-refractivity contribution is 6.35. The van der Waals surface area contributed by atoms with Crippen molar-refractivity contribution >= 4 is 34.8 Å². The van der Waals surface area contributed by atoms with E-state index in [1.807, 2.05) is 67.6 Å². The Morgan fingerprint density at radius 1 is 1.04 bits per heavy atom. The van der Waals surface area contributed by atoms with E-state index in [0.717, 1.165) is 22.5 Å². The molecular weight excluding hydrogens is 358 g/mol. The molecule has 0 heterocycles. The van der Waals surface area contributed by atoms with Gasteiger partial charge in [0.2, 0.25) is 0 Å². The molecule has 3 aromatic rings. The standard InChI is InChI=1S/C23H20ClNO2/c1-16-7-2-4-10-19(16)23(27)20-13-12-18(15-21(20)24)25-22-11-5-3-8-17(22)9-6-14-26/h2-13,15,25-26H,14H2,1H3. The van der Waals surface area contributed by atoms with Gasteiger partial charge >= 0.3 is 0 Å². The van der Waals surface area contributed by atoms with Gasteiger partial charge in [0.25, 0.3) is 0 Å². The fourth-order valence-electron chi connectivity index (χ4n) is 2.84. The number of aliphatic hydroxyl groups excluding tert-OH is 1. The van der Waals surface area contributed by atoms with E-state index < -0.39 is 0 Å². The quantitative estimate of drug-likeness (QED) is 0.547. The first-order chi connectivity index (χ1) is 13.1. The average molecular weight is 378 g/mol. The van der Waals surface area contributed by atoms with Gasteiger partial charge in [0.1, 0.15) is 0 Å². The molecule has 3 rings (SSSR count). The first-order valence-corrected chi connectivity index (χ1v) is 9.01. The Kier molecular flexibility index (Phi) is 6.07. The Morgan fingerprint density at radius 3 is 2.52 bits per heavy atom. The summed E-state index contributed by atoms with van der Waals surface area (Å²) in [6.07, 6.45) is 3.53. The number of anilines is 2. The summed E-state index contributed by atoms with van der Waals surface area (Å²) in [6, 6.07) is 20.6. The summed E-state index contributed by atoms with van der Waals surface area (Å²) in [7, 11) is 0. The van der Waals surface area contributed by atoms with Crippen molar-refractivity contribution in [2.75, 3.05) is 11.9 Å². The molecule has 0 bridgehead atoms. The third-order valence-corrected chi connectivity index (χ3v) is 4.56. The lowest BCUT2D eigenvalue weighted by Gasteiger charge is -2.12. The second-order valence-corrected chi connectivity index (χ2v) is 6.54. The van der Waals surface area contributed by atoms with Crippen LogP contribution in [0.5, 0.6) is 0 Å². The van der Waals surface area contributed by atoms with Crippen LogP contribution in [-0.4, -0.2) is 17.5 Å². The van der Waals surface area contributed by atoms with E-state index in [-0.39, 0.29) is 12.4 Å². The van der Waals surface area contributed by atoms with Gasteiger partial charge in [0.05, 0.1) is 11.6 Å². The zero-order valence-corrected chi connectivity index (χ0v) is 15.7. The lowest BCUT2D eigenvalue weighted by atomic mass is 9.99. The van der Waals surface area contributed by atoms with Gasteiger partial charge in [-0.1, -0.05) is 66.2 Å². The van der Waals surface area contributed by atoms with Gasteiger partial charge in [-0.05, 0) is 42.3 Å². The normalized spacial score (nSPS) is 10.9. The van der Waals surface area contributed by atoms with E-state index >= 15 is 0 Å². The van der Waals surface area contributed by atoms with Crippen LogP contribution in [0.4, 0.5) is 11.4 Å². The number of carbonyl (C=O) groups excluding carboxylic acids is 1. The Bertz CT molecular complexity index is 995. The first kappa shape index (κ1) is 18.9. The second kappa shape index (κ2) is 8.67. The molecule has 27 heavy (non-hydrogen) atoms. The molecule has 0 aliphatic carbocycles. The molecular formula is C23H20ClNO2. The second-order valence-electron chi connectivity index (χ2n) is 6.14. The lowest BCUT2D eigenvalue weighted by Crippen LogP contribution is -2.04. The minimum Gasteiger partial charge on any atom is -0.392 e. The van der Waals surface area contributed by atoms with Crippen LogP contribution in [0.15, 0.2) is 72.8 Å². The maximum Gasteiger partial charge on any atom is 0.194 e. The maximum absolute atomic E-state index is 12.8. The van der Waals surface area contributed by atoms with Crippen molar-refractivity contribution in [1.29, 1.82) is 0 Å². The molecule has 0 amide bonds. The number of rotatable bonds is 6. The molecule has 4 heteroatoms. The molecule has 3 nitrogen and oxygen atoms in total. The van der Waals surface area contributed by atoms with E-state index in [1.165, 1.54) is 0 Å². The summed E-state index contributed by atoms with van der Waals surface area (Å²) >= 11 is 6.41. The van der Waals surface area contributed by atoms with Crippen LogP contribution in [0, 0.1) is 6.92 Å². The number of benzene rings is 3. The van der Waals surface area contributed by atoms with Crippen LogP contribution in [0.2, 0.25) is 5.02 Å². The van der Waals surface area contributed by atoms with Gasteiger partial charge in [-0.3, -0.25) is 4.79 Å². The molecule has 2 N–H and O–H groups in total. The summed E-state index contributed by atoms with van der Waals surface area (Å²) < 4.78 is 0. The number of ketones is 1. The van der Waals surface area contributed by atoms with Crippen LogP contribution in [-0.2, 0) is 0 Å². The van der Waals surface area contributed by atoms with Crippen molar-refractivity contribution in [2.24, 2.45) is 0 Å². The fourth-order valence-corrected chi connectivity index (χ4v) is 3.11. The van der Waals surface area contributed by atoms with Crippen molar-refractivity contribution in [3.63, 3.8) is 0 Å². The summed E-state index contributed by atoms with van der Waals surface area (Å²) in [6.45, 7) is 1.89. The molecule has 3 aromatic carbocycles. The predicted molar refractivity (Wildman–Crippen MR) is 112 cm³/mol. The molecule has 0 aliphatic heterocycles. The van der Waals surface area contributed by atoms with Gasteiger partial charge in [-0.2, -0.15) is 0 Å². The molecule has 136 valence electrons. The van der Waals surface area contributed by atoms with Crippen LogP contribution in [0.3, 0.4) is 0 Å². The number of aliphatic hydroxyl groups is 1. The molecule has 0 saturated heterocycles. The van der Waals surface area contributed by atoms with Crippen molar-refractivity contribution in [3.05, 3.63) is 100 Å². The Morgan fingerprint density at radius 2 is 1.78 bits per heavy atom. The van der Waals surface area contributed by atoms with Crippen LogP contribution in [0.1, 0.15) is 27.0 Å². The Hall–Kier alpha value is -2.88. The molecule has 0 fully saturated rings. The first-order valence-electron chi connectivity index (χ1n) is 8.63. The Balaban J connectivity index is 1.87. The van der Waals surface area contributed by atoms with Crippen LogP contribution in [0.25, 0.3) is 6.08 Å². The van der Waals surface area contributed by atoms with Gasteiger partial charge in [0.15, 0.2) is 5.78 Å². The summed E-state index contributed by atoms with van der Waals surface area (Å²) in [5.74, 6) is -0.0871. The van der Waals surface area contributed by atoms with Gasteiger partial charge in [-0.25, -0.2) is 0 Å². The molecule has 0 aliphatic rings. The third-order valence-electron chi connectivity index (χ3n) is 4.25. The number of hydrogen-bond acceptors (Lipinski definition) is 3. The van der Waals surface area contributed by atoms with Crippen molar-refractivity contribution in [2.45, 2.75) is 6.92 Å². The minimum atomic E-state index is -0.0871. The Labute approximate surface area is 163 Å². The minimum absolute atomic E-state index is 0.0180. The smallest absolute Gasteiger partial charge is 0.194 e. The molecule has 0 spiro atoms. The molecule has 0 radical (unpaired) electrons. The zero-order chi connectivity index (χ0) is 19.2. The number of hydrogen-bond donors (Lipinski definition) is 2. The highest BCUT2D eigenvalue weighted by atomic mass is 35.5. The van der Waals surface area contributed by atoms with Gasteiger partial charge < -0.3 is 10.4 Å². The number of halogens is 1. The molecule has 0 unspecified atom stereocenters.